The van der Waals surface area contributed by atoms with E-state index < -0.39 is 0 Å². The van der Waals surface area contributed by atoms with Crippen LogP contribution in [0, 0.1) is 0 Å². The van der Waals surface area contributed by atoms with Gasteiger partial charge in [-0.25, -0.2) is 0 Å². The van der Waals surface area contributed by atoms with Gasteiger partial charge in [-0.1, -0.05) is 0 Å². The Balaban J connectivity index is 0.000001000. The summed E-state index contributed by atoms with van der Waals surface area (Å²) in [5.41, 5.74) is 0. The highest BCUT2D eigenvalue weighted by molar-refractivity contribution is 5.85. The van der Waals surface area contributed by atoms with Crippen LogP contribution in [0.1, 0.15) is 0 Å². The molecule has 0 saturated carbocycles. The first-order chi connectivity index (χ1) is 4.75. The van der Waals surface area contributed by atoms with Gasteiger partial charge >= 0.3 is 0 Å². The average molecular weight is 181 g/mol. The molecule has 68 valence electrons. The average Bonchev–Trinajstić information content (AvgIpc) is 2.33. The van der Waals surface area contributed by atoms with Gasteiger partial charge in [-0.2, -0.15) is 0 Å². The zero-order valence-electron chi connectivity index (χ0n) is 7.33. The molecular weight excluding hydrogens is 164 g/mol. The first-order valence-electron chi connectivity index (χ1n) is 3.65. The van der Waals surface area contributed by atoms with E-state index in [1.54, 1.807) is 7.11 Å². The second-order valence-electron chi connectivity index (χ2n) is 2.96. The number of hydrogen-bond acceptors (Lipinski definition) is 3. The molecule has 0 bridgehead atoms. The third-order valence-electron chi connectivity index (χ3n) is 2.09. The Kier molecular flexibility index (Phi) is 5.01. The zero-order valence-corrected chi connectivity index (χ0v) is 8.15. The highest BCUT2D eigenvalue weighted by Gasteiger charge is 2.27. The molecule has 4 heteroatoms. The lowest BCUT2D eigenvalue weighted by Gasteiger charge is -2.23. The summed E-state index contributed by atoms with van der Waals surface area (Å²) in [6.07, 6.45) is 0.370. The summed E-state index contributed by atoms with van der Waals surface area (Å²) in [5, 5.41) is 3.29. The second-order valence-corrected chi connectivity index (χ2v) is 2.96. The van der Waals surface area contributed by atoms with Crippen LogP contribution < -0.4 is 5.32 Å². The van der Waals surface area contributed by atoms with E-state index in [0.717, 1.165) is 13.1 Å². The SMILES string of the molecule is COC1CNCC1N(C)C.Cl. The molecule has 0 aliphatic carbocycles. The lowest BCUT2D eigenvalue weighted by molar-refractivity contribution is 0.0636. The van der Waals surface area contributed by atoms with E-state index in [9.17, 15) is 0 Å². The van der Waals surface area contributed by atoms with Crippen molar-refractivity contribution in [1.82, 2.24) is 10.2 Å². The number of likely N-dealkylation sites (N-methyl/N-ethyl adjacent to an activating group) is 1. The van der Waals surface area contributed by atoms with Crippen molar-refractivity contribution in [2.24, 2.45) is 0 Å². The number of nitrogens with zero attached hydrogens (tertiary/aromatic N) is 1. The van der Waals surface area contributed by atoms with Crippen molar-refractivity contribution in [2.45, 2.75) is 12.1 Å². The highest BCUT2D eigenvalue weighted by Crippen LogP contribution is 2.07. The van der Waals surface area contributed by atoms with Crippen molar-refractivity contribution in [3.05, 3.63) is 0 Å². The Morgan fingerprint density at radius 2 is 2.00 bits per heavy atom. The van der Waals surface area contributed by atoms with Crippen LogP contribution >= 0.6 is 12.4 Å². The van der Waals surface area contributed by atoms with Crippen LogP contribution in [0.15, 0.2) is 0 Å². The van der Waals surface area contributed by atoms with Gasteiger partial charge in [0.25, 0.3) is 0 Å². The Labute approximate surface area is 74.5 Å². The Bertz CT molecular complexity index is 111. The minimum absolute atomic E-state index is 0. The van der Waals surface area contributed by atoms with Gasteiger partial charge in [-0.05, 0) is 14.1 Å². The summed E-state index contributed by atoms with van der Waals surface area (Å²) >= 11 is 0. The van der Waals surface area contributed by atoms with Crippen LogP contribution in [-0.2, 0) is 4.74 Å². The van der Waals surface area contributed by atoms with Gasteiger partial charge in [0, 0.05) is 26.2 Å². The maximum absolute atomic E-state index is 5.28. The first-order valence-corrected chi connectivity index (χ1v) is 3.65. The molecule has 0 spiro atoms. The van der Waals surface area contributed by atoms with Crippen molar-refractivity contribution in [1.29, 1.82) is 0 Å². The van der Waals surface area contributed by atoms with E-state index >= 15 is 0 Å². The summed E-state index contributed by atoms with van der Waals surface area (Å²) in [6.45, 7) is 2.03. The molecule has 0 radical (unpaired) electrons. The molecule has 1 fully saturated rings. The quantitative estimate of drug-likeness (QED) is 0.646. The number of hydrogen-bond donors (Lipinski definition) is 1. The maximum Gasteiger partial charge on any atom is 0.0862 e. The fourth-order valence-electron chi connectivity index (χ4n) is 1.40. The molecule has 1 heterocycles. The number of halogens is 1. The highest BCUT2D eigenvalue weighted by atomic mass is 35.5. The Morgan fingerprint density at radius 3 is 2.36 bits per heavy atom. The summed E-state index contributed by atoms with van der Waals surface area (Å²) in [4.78, 5) is 2.20. The Morgan fingerprint density at radius 1 is 1.36 bits per heavy atom. The van der Waals surface area contributed by atoms with Crippen molar-refractivity contribution >= 4 is 12.4 Å². The minimum atomic E-state index is 0. The lowest BCUT2D eigenvalue weighted by Crippen LogP contribution is -2.38. The monoisotopic (exact) mass is 180 g/mol. The first kappa shape index (κ1) is 11.2. The smallest absolute Gasteiger partial charge is 0.0862 e. The van der Waals surface area contributed by atoms with Crippen LogP contribution in [-0.4, -0.2) is 51.3 Å². The van der Waals surface area contributed by atoms with Crippen LogP contribution in [0.4, 0.5) is 0 Å². The van der Waals surface area contributed by atoms with Crippen LogP contribution in [0.25, 0.3) is 0 Å². The summed E-state index contributed by atoms with van der Waals surface area (Å²) in [7, 11) is 5.95. The minimum Gasteiger partial charge on any atom is -0.378 e. The van der Waals surface area contributed by atoms with Crippen molar-refractivity contribution < 1.29 is 4.74 Å². The molecule has 1 rings (SSSR count). The normalized spacial score (nSPS) is 30.5. The molecule has 0 aromatic rings. The molecule has 1 saturated heterocycles. The van der Waals surface area contributed by atoms with E-state index in [-0.39, 0.29) is 12.4 Å². The predicted molar refractivity (Wildman–Crippen MR) is 48.4 cm³/mol. The Hall–Kier alpha value is 0.170. The third kappa shape index (κ3) is 2.60. The topological polar surface area (TPSA) is 24.5 Å². The second kappa shape index (κ2) is 4.93. The van der Waals surface area contributed by atoms with E-state index in [1.165, 1.54) is 0 Å². The van der Waals surface area contributed by atoms with Crippen molar-refractivity contribution in [2.75, 3.05) is 34.3 Å². The molecule has 3 nitrogen and oxygen atoms in total. The van der Waals surface area contributed by atoms with E-state index in [0.29, 0.717) is 12.1 Å². The van der Waals surface area contributed by atoms with Crippen LogP contribution in [0.3, 0.4) is 0 Å². The molecular formula is C7H17ClN2O. The fourth-order valence-corrected chi connectivity index (χ4v) is 1.40. The van der Waals surface area contributed by atoms with E-state index in [1.807, 2.05) is 0 Å². The molecule has 0 aromatic heterocycles. The van der Waals surface area contributed by atoms with Gasteiger partial charge < -0.3 is 15.0 Å². The summed E-state index contributed by atoms with van der Waals surface area (Å²) < 4.78 is 5.28. The van der Waals surface area contributed by atoms with Crippen molar-refractivity contribution in [3.8, 4) is 0 Å². The van der Waals surface area contributed by atoms with Gasteiger partial charge in [0.1, 0.15) is 0 Å². The number of nitrogens with one attached hydrogen (secondary N) is 1. The van der Waals surface area contributed by atoms with E-state index in [4.69, 9.17) is 4.74 Å². The zero-order chi connectivity index (χ0) is 7.56. The lowest BCUT2D eigenvalue weighted by atomic mass is 10.2. The molecule has 2 atom stereocenters. The number of ether oxygens (including phenoxy) is 1. The number of rotatable bonds is 2. The predicted octanol–water partition coefficient (Wildman–Crippen LogP) is -0.0434. The summed E-state index contributed by atoms with van der Waals surface area (Å²) in [5.74, 6) is 0. The number of methoxy groups -OCH3 is 1. The third-order valence-corrected chi connectivity index (χ3v) is 2.09. The maximum atomic E-state index is 5.28. The molecule has 11 heavy (non-hydrogen) atoms. The molecule has 0 aromatic carbocycles. The molecule has 1 N–H and O–H groups in total. The standard InChI is InChI=1S/C7H16N2O.ClH/c1-9(2)6-4-8-5-7(6)10-3;/h6-8H,4-5H2,1-3H3;1H. The van der Waals surface area contributed by atoms with Crippen LogP contribution in [0.2, 0.25) is 0 Å². The van der Waals surface area contributed by atoms with Gasteiger partial charge in [-0.3, -0.25) is 0 Å². The van der Waals surface area contributed by atoms with Gasteiger partial charge in [0.15, 0.2) is 0 Å². The van der Waals surface area contributed by atoms with Gasteiger partial charge in [0.2, 0.25) is 0 Å². The molecule has 1 aliphatic rings. The van der Waals surface area contributed by atoms with Crippen LogP contribution in [0.5, 0.6) is 0 Å². The summed E-state index contributed by atoms with van der Waals surface area (Å²) in [6, 6.07) is 0.546. The van der Waals surface area contributed by atoms with Gasteiger partial charge in [0.05, 0.1) is 6.10 Å². The van der Waals surface area contributed by atoms with Crippen molar-refractivity contribution in [3.63, 3.8) is 0 Å². The molecule has 0 amide bonds. The van der Waals surface area contributed by atoms with Gasteiger partial charge in [-0.15, -0.1) is 12.4 Å². The fraction of sp³-hybridized carbons (Fsp3) is 1.00. The largest absolute Gasteiger partial charge is 0.378 e. The molecule has 1 aliphatic heterocycles. The van der Waals surface area contributed by atoms with E-state index in [2.05, 4.69) is 24.3 Å². The molecule has 2 unspecified atom stereocenters.